The number of nitrogens with two attached hydrogens (primary N) is 1. The minimum Gasteiger partial charge on any atom is -0.368 e. The topological polar surface area (TPSA) is 89.3 Å². The molecule has 0 unspecified atom stereocenters. The van der Waals surface area contributed by atoms with Crippen LogP contribution in [0, 0.1) is 11.6 Å². The monoisotopic (exact) mass is 380 g/mol. The van der Waals surface area contributed by atoms with E-state index in [-0.39, 0.29) is 24.2 Å². The Morgan fingerprint density at radius 3 is 2.38 bits per heavy atom. The number of nitrogens with one attached hydrogen (secondary N) is 1. The Labute approximate surface area is 152 Å². The molecule has 0 saturated carbocycles. The lowest BCUT2D eigenvalue weighted by Gasteiger charge is -2.15. The molecule has 0 bridgehead atoms. The lowest BCUT2D eigenvalue weighted by Crippen LogP contribution is -2.45. The van der Waals surface area contributed by atoms with Gasteiger partial charge in [-0.1, -0.05) is 24.3 Å². The van der Waals surface area contributed by atoms with Crippen LogP contribution in [0.3, 0.4) is 0 Å². The normalized spacial score (nSPS) is 13.0. The predicted molar refractivity (Wildman–Crippen MR) is 93.5 cm³/mol. The average molecular weight is 380 g/mol. The third kappa shape index (κ3) is 5.73. The number of hydrogen-bond donors (Lipinski definition) is 2. The van der Waals surface area contributed by atoms with Gasteiger partial charge >= 0.3 is 0 Å². The molecule has 0 saturated heterocycles. The Morgan fingerprint density at radius 2 is 1.77 bits per heavy atom. The molecule has 0 aliphatic rings. The second-order valence-electron chi connectivity index (χ2n) is 5.60. The van der Waals surface area contributed by atoms with Crippen LogP contribution in [0.15, 0.2) is 53.4 Å². The van der Waals surface area contributed by atoms with E-state index in [0.29, 0.717) is 4.90 Å². The molecule has 138 valence electrons. The lowest BCUT2D eigenvalue weighted by atomic mass is 10.1. The molecule has 26 heavy (non-hydrogen) atoms. The molecule has 0 aromatic heterocycles. The van der Waals surface area contributed by atoms with E-state index in [0.717, 1.165) is 12.1 Å². The summed E-state index contributed by atoms with van der Waals surface area (Å²) >= 11 is 0. The summed E-state index contributed by atoms with van der Waals surface area (Å²) in [4.78, 5) is 24.2. The van der Waals surface area contributed by atoms with Crippen LogP contribution in [0.4, 0.5) is 8.78 Å². The molecule has 0 fully saturated rings. The first kappa shape index (κ1) is 19.7. The van der Waals surface area contributed by atoms with Crippen molar-refractivity contribution in [3.8, 4) is 0 Å². The highest BCUT2D eigenvalue weighted by molar-refractivity contribution is 7.85. The fourth-order valence-corrected chi connectivity index (χ4v) is 3.43. The Morgan fingerprint density at radius 1 is 1.08 bits per heavy atom. The van der Waals surface area contributed by atoms with Crippen molar-refractivity contribution in [1.29, 1.82) is 0 Å². The Kier molecular flexibility index (Phi) is 6.97. The van der Waals surface area contributed by atoms with Gasteiger partial charge < -0.3 is 11.1 Å². The van der Waals surface area contributed by atoms with E-state index in [1.165, 1.54) is 6.07 Å². The van der Waals surface area contributed by atoms with Crippen molar-refractivity contribution in [3.05, 3.63) is 65.7 Å². The van der Waals surface area contributed by atoms with Crippen molar-refractivity contribution >= 4 is 22.6 Å². The van der Waals surface area contributed by atoms with E-state index in [9.17, 15) is 22.6 Å². The molecule has 8 heteroatoms. The van der Waals surface area contributed by atoms with Gasteiger partial charge in [0.2, 0.25) is 11.8 Å². The molecule has 2 rings (SSSR count). The second kappa shape index (κ2) is 9.19. The average Bonchev–Trinajstić information content (AvgIpc) is 2.62. The van der Waals surface area contributed by atoms with Gasteiger partial charge in [0.1, 0.15) is 6.04 Å². The molecule has 2 aromatic rings. The number of benzene rings is 2. The predicted octanol–water partition coefficient (Wildman–Crippen LogP) is 1.68. The SMILES string of the molecule is NC(=O)[C@@H](CC[S@@](=O)c1ccccc1)NC(=O)Cc1ccc(F)c(F)c1. The van der Waals surface area contributed by atoms with E-state index in [1.807, 2.05) is 0 Å². The Balaban J connectivity index is 1.92. The summed E-state index contributed by atoms with van der Waals surface area (Å²) in [5, 5.41) is 2.44. The number of amides is 2. The molecule has 5 nitrogen and oxygen atoms in total. The van der Waals surface area contributed by atoms with Crippen LogP contribution in [0.2, 0.25) is 0 Å². The zero-order chi connectivity index (χ0) is 19.1. The highest BCUT2D eigenvalue weighted by Gasteiger charge is 2.20. The minimum atomic E-state index is -1.33. The number of hydrogen-bond acceptors (Lipinski definition) is 3. The molecular weight excluding hydrogens is 362 g/mol. The maximum absolute atomic E-state index is 13.2. The summed E-state index contributed by atoms with van der Waals surface area (Å²) in [6, 6.07) is 10.8. The molecule has 0 spiro atoms. The molecule has 3 N–H and O–H groups in total. The Hall–Kier alpha value is -2.61. The zero-order valence-electron chi connectivity index (χ0n) is 13.8. The highest BCUT2D eigenvalue weighted by atomic mass is 32.2. The van der Waals surface area contributed by atoms with Crippen LogP contribution in [0.5, 0.6) is 0 Å². The first-order valence-electron chi connectivity index (χ1n) is 7.83. The number of primary amides is 1. The van der Waals surface area contributed by atoms with Gasteiger partial charge in [-0.3, -0.25) is 13.8 Å². The highest BCUT2D eigenvalue weighted by Crippen LogP contribution is 2.10. The second-order valence-corrected chi connectivity index (χ2v) is 7.17. The largest absolute Gasteiger partial charge is 0.368 e. The summed E-state index contributed by atoms with van der Waals surface area (Å²) in [6.45, 7) is 0. The lowest BCUT2D eigenvalue weighted by molar-refractivity contribution is -0.127. The van der Waals surface area contributed by atoms with Gasteiger partial charge in [-0.05, 0) is 36.2 Å². The fourth-order valence-electron chi connectivity index (χ4n) is 2.28. The van der Waals surface area contributed by atoms with Gasteiger partial charge in [0.05, 0.1) is 17.2 Å². The van der Waals surface area contributed by atoms with Crippen LogP contribution in [-0.4, -0.2) is 27.8 Å². The molecule has 0 aliphatic carbocycles. The molecule has 0 heterocycles. The third-order valence-corrected chi connectivity index (χ3v) is 5.03. The summed E-state index contributed by atoms with van der Waals surface area (Å²) in [6.07, 6.45) is -0.136. The van der Waals surface area contributed by atoms with Gasteiger partial charge in [-0.2, -0.15) is 0 Å². The van der Waals surface area contributed by atoms with Crippen molar-refractivity contribution < 1.29 is 22.6 Å². The summed E-state index contributed by atoms with van der Waals surface area (Å²) in [5.74, 6) is -3.24. The first-order chi connectivity index (χ1) is 12.4. The molecule has 2 aromatic carbocycles. The van der Waals surface area contributed by atoms with Gasteiger partial charge in [0, 0.05) is 10.6 Å². The van der Waals surface area contributed by atoms with E-state index in [4.69, 9.17) is 5.73 Å². The number of rotatable bonds is 8. The number of carbonyl (C=O) groups is 2. The van der Waals surface area contributed by atoms with Crippen molar-refractivity contribution in [2.45, 2.75) is 23.8 Å². The third-order valence-electron chi connectivity index (χ3n) is 3.63. The van der Waals surface area contributed by atoms with E-state index in [1.54, 1.807) is 30.3 Å². The van der Waals surface area contributed by atoms with Crippen molar-refractivity contribution in [1.82, 2.24) is 5.32 Å². The maximum Gasteiger partial charge on any atom is 0.240 e. The van der Waals surface area contributed by atoms with E-state index < -0.39 is 40.3 Å². The maximum atomic E-state index is 13.2. The summed E-state index contributed by atoms with van der Waals surface area (Å²) in [7, 11) is -1.33. The molecule has 2 atom stereocenters. The van der Waals surface area contributed by atoms with Crippen LogP contribution in [0.1, 0.15) is 12.0 Å². The minimum absolute atomic E-state index is 0.0976. The quantitative estimate of drug-likeness (QED) is 0.730. The van der Waals surface area contributed by atoms with Crippen molar-refractivity contribution in [2.24, 2.45) is 5.73 Å². The fraction of sp³-hybridized carbons (Fsp3) is 0.222. The summed E-state index contributed by atoms with van der Waals surface area (Å²) in [5.41, 5.74) is 5.55. The zero-order valence-corrected chi connectivity index (χ0v) is 14.6. The van der Waals surface area contributed by atoms with Crippen molar-refractivity contribution in [2.75, 3.05) is 5.75 Å². The number of halogens is 2. The molecule has 2 amide bonds. The smallest absolute Gasteiger partial charge is 0.240 e. The van der Waals surface area contributed by atoms with Crippen LogP contribution >= 0.6 is 0 Å². The van der Waals surface area contributed by atoms with Crippen LogP contribution < -0.4 is 11.1 Å². The first-order valence-corrected chi connectivity index (χ1v) is 9.14. The van der Waals surface area contributed by atoms with Crippen LogP contribution in [-0.2, 0) is 26.8 Å². The molecular formula is C18H18F2N2O3S. The standard InChI is InChI=1S/C18H18F2N2O3S/c19-14-7-6-12(10-15(14)20)11-17(23)22-16(18(21)24)8-9-26(25)13-4-2-1-3-5-13/h1-7,10,16H,8-9,11H2,(H2,21,24)(H,22,23)/t16-,26-/m1/s1. The molecule has 0 radical (unpaired) electrons. The van der Waals surface area contributed by atoms with Gasteiger partial charge in [-0.15, -0.1) is 0 Å². The van der Waals surface area contributed by atoms with Crippen molar-refractivity contribution in [3.63, 3.8) is 0 Å². The van der Waals surface area contributed by atoms with Gasteiger partial charge in [-0.25, -0.2) is 8.78 Å². The van der Waals surface area contributed by atoms with Gasteiger partial charge in [0.15, 0.2) is 11.6 Å². The van der Waals surface area contributed by atoms with E-state index >= 15 is 0 Å². The summed E-state index contributed by atoms with van der Waals surface area (Å²) < 4.78 is 38.3. The molecule has 0 aliphatic heterocycles. The Bertz CT molecular complexity index is 815. The van der Waals surface area contributed by atoms with Gasteiger partial charge in [0.25, 0.3) is 0 Å². The number of carbonyl (C=O) groups excluding carboxylic acids is 2. The van der Waals surface area contributed by atoms with Crippen LogP contribution in [0.25, 0.3) is 0 Å². The van der Waals surface area contributed by atoms with E-state index in [2.05, 4.69) is 5.32 Å².